The SMILES string of the molecule is CCOC(=O)[C@@H]1CC(C)C2CC(OS(=O)(=O)C(F)(F)F)=CC(=O)N21. The first kappa shape index (κ1) is 18.6. The van der Waals surface area contributed by atoms with Gasteiger partial charge in [0.1, 0.15) is 11.8 Å². The molecule has 0 aliphatic carbocycles. The highest BCUT2D eigenvalue weighted by atomic mass is 32.2. The van der Waals surface area contributed by atoms with Crippen LogP contribution in [0, 0.1) is 5.92 Å². The van der Waals surface area contributed by atoms with E-state index in [1.165, 1.54) is 4.90 Å². The molecule has 0 N–H and O–H groups in total. The van der Waals surface area contributed by atoms with Gasteiger partial charge in [-0.25, -0.2) is 4.79 Å². The van der Waals surface area contributed by atoms with Gasteiger partial charge in [-0.2, -0.15) is 21.6 Å². The van der Waals surface area contributed by atoms with Gasteiger partial charge >= 0.3 is 21.6 Å². The molecule has 1 fully saturated rings. The number of ether oxygens (including phenoxy) is 1. The lowest BCUT2D eigenvalue weighted by atomic mass is 9.96. The van der Waals surface area contributed by atoms with Crippen LogP contribution in [0.5, 0.6) is 0 Å². The van der Waals surface area contributed by atoms with E-state index in [9.17, 15) is 31.2 Å². The number of carbonyl (C=O) groups is 2. The molecule has 0 aromatic rings. The van der Waals surface area contributed by atoms with Gasteiger partial charge in [-0.1, -0.05) is 6.92 Å². The van der Waals surface area contributed by atoms with E-state index in [-0.39, 0.29) is 25.4 Å². The highest BCUT2D eigenvalue weighted by Crippen LogP contribution is 2.38. The minimum atomic E-state index is -5.84. The van der Waals surface area contributed by atoms with Crippen molar-refractivity contribution in [2.45, 2.75) is 44.3 Å². The number of esters is 1. The molecule has 2 unspecified atom stereocenters. The Morgan fingerprint density at radius 2 is 2.04 bits per heavy atom. The van der Waals surface area contributed by atoms with Crippen LogP contribution in [0.1, 0.15) is 26.7 Å². The zero-order valence-electron chi connectivity index (χ0n) is 12.9. The molecule has 24 heavy (non-hydrogen) atoms. The maximum Gasteiger partial charge on any atom is 0.534 e. The number of carbonyl (C=O) groups excluding carboxylic acids is 2. The molecule has 1 saturated heterocycles. The molecule has 2 heterocycles. The lowest BCUT2D eigenvalue weighted by Gasteiger charge is -2.33. The van der Waals surface area contributed by atoms with Crippen molar-refractivity contribution in [3.8, 4) is 0 Å². The van der Waals surface area contributed by atoms with Gasteiger partial charge in [0.15, 0.2) is 0 Å². The van der Waals surface area contributed by atoms with Crippen molar-refractivity contribution in [1.29, 1.82) is 0 Å². The van der Waals surface area contributed by atoms with E-state index in [1.807, 2.05) is 0 Å². The number of rotatable bonds is 4. The van der Waals surface area contributed by atoms with E-state index < -0.39 is 45.3 Å². The summed E-state index contributed by atoms with van der Waals surface area (Å²) >= 11 is 0. The van der Waals surface area contributed by atoms with Crippen molar-refractivity contribution in [3.05, 3.63) is 11.8 Å². The molecule has 2 aliphatic rings. The Hall–Kier alpha value is -1.78. The zero-order chi connectivity index (χ0) is 18.3. The van der Waals surface area contributed by atoms with Crippen LogP contribution in [0.4, 0.5) is 13.2 Å². The van der Waals surface area contributed by atoms with Crippen LogP contribution in [-0.2, 0) is 28.6 Å². The van der Waals surface area contributed by atoms with Gasteiger partial charge in [-0.15, -0.1) is 0 Å². The Morgan fingerprint density at radius 1 is 1.42 bits per heavy atom. The first-order valence-electron chi connectivity index (χ1n) is 7.18. The Kier molecular flexibility index (Phi) is 4.84. The summed E-state index contributed by atoms with van der Waals surface area (Å²) in [5.74, 6) is -2.19. The molecule has 0 aromatic heterocycles. The zero-order valence-corrected chi connectivity index (χ0v) is 13.7. The van der Waals surface area contributed by atoms with E-state index in [2.05, 4.69) is 4.18 Å². The largest absolute Gasteiger partial charge is 0.534 e. The van der Waals surface area contributed by atoms with Crippen LogP contribution in [-0.4, -0.2) is 49.4 Å². The first-order chi connectivity index (χ1) is 11.0. The van der Waals surface area contributed by atoms with E-state index in [4.69, 9.17) is 4.74 Å². The maximum atomic E-state index is 12.4. The Balaban J connectivity index is 2.23. The molecule has 0 saturated carbocycles. The number of amides is 1. The van der Waals surface area contributed by atoms with Crippen LogP contribution in [0.25, 0.3) is 0 Å². The summed E-state index contributed by atoms with van der Waals surface area (Å²) in [7, 11) is -5.84. The van der Waals surface area contributed by atoms with Gasteiger partial charge in [0.2, 0.25) is 0 Å². The van der Waals surface area contributed by atoms with E-state index in [1.54, 1.807) is 13.8 Å². The lowest BCUT2D eigenvalue weighted by molar-refractivity contribution is -0.153. The quantitative estimate of drug-likeness (QED) is 0.421. The van der Waals surface area contributed by atoms with Gasteiger partial charge in [0.05, 0.1) is 6.61 Å². The van der Waals surface area contributed by atoms with Crippen molar-refractivity contribution in [3.63, 3.8) is 0 Å². The van der Waals surface area contributed by atoms with E-state index in [0.717, 1.165) is 0 Å². The van der Waals surface area contributed by atoms with Crippen LogP contribution in [0.2, 0.25) is 0 Å². The Labute approximate surface area is 136 Å². The van der Waals surface area contributed by atoms with Crippen molar-refractivity contribution < 1.29 is 40.1 Å². The van der Waals surface area contributed by atoms with Crippen LogP contribution < -0.4 is 0 Å². The van der Waals surface area contributed by atoms with Gasteiger partial charge < -0.3 is 13.8 Å². The van der Waals surface area contributed by atoms with Crippen molar-refractivity contribution in [1.82, 2.24) is 4.90 Å². The molecule has 1 amide bonds. The summed E-state index contributed by atoms with van der Waals surface area (Å²) < 4.78 is 68.3. The summed E-state index contributed by atoms with van der Waals surface area (Å²) in [6, 6.07) is -1.47. The second-order valence-electron chi connectivity index (χ2n) is 5.59. The molecule has 2 aliphatic heterocycles. The third-order valence-electron chi connectivity index (χ3n) is 3.95. The predicted octanol–water partition coefficient (Wildman–Crippen LogP) is 1.31. The molecular formula is C13H16F3NO6S. The van der Waals surface area contributed by atoms with Gasteiger partial charge in [-0.05, 0) is 19.3 Å². The van der Waals surface area contributed by atoms with Gasteiger partial charge in [0, 0.05) is 18.5 Å². The molecule has 2 rings (SSSR count). The molecule has 3 atom stereocenters. The molecule has 0 aromatic carbocycles. The fourth-order valence-electron chi connectivity index (χ4n) is 2.92. The average Bonchev–Trinajstić information content (AvgIpc) is 2.75. The number of nitrogens with zero attached hydrogens (tertiary/aromatic N) is 1. The summed E-state index contributed by atoms with van der Waals surface area (Å²) in [5.41, 5.74) is -5.58. The smallest absolute Gasteiger partial charge is 0.464 e. The molecule has 7 nitrogen and oxygen atoms in total. The number of fused-ring (bicyclic) bond motifs is 1. The van der Waals surface area contributed by atoms with Crippen LogP contribution in [0.3, 0.4) is 0 Å². The minimum absolute atomic E-state index is 0.129. The Morgan fingerprint density at radius 3 is 2.58 bits per heavy atom. The van der Waals surface area contributed by atoms with E-state index in [0.29, 0.717) is 6.08 Å². The predicted molar refractivity (Wildman–Crippen MR) is 73.6 cm³/mol. The molecular weight excluding hydrogens is 355 g/mol. The normalized spacial score (nSPS) is 27.5. The molecule has 0 bridgehead atoms. The fourth-order valence-corrected chi connectivity index (χ4v) is 3.41. The fraction of sp³-hybridized carbons (Fsp3) is 0.692. The van der Waals surface area contributed by atoms with E-state index >= 15 is 0 Å². The monoisotopic (exact) mass is 371 g/mol. The summed E-state index contributed by atoms with van der Waals surface area (Å²) in [5, 5.41) is 0. The lowest BCUT2D eigenvalue weighted by Crippen LogP contribution is -2.48. The molecule has 0 radical (unpaired) electrons. The molecule has 0 spiro atoms. The second kappa shape index (κ2) is 6.26. The highest BCUT2D eigenvalue weighted by molar-refractivity contribution is 7.87. The number of hydrogen-bond acceptors (Lipinski definition) is 6. The minimum Gasteiger partial charge on any atom is -0.464 e. The topological polar surface area (TPSA) is 90.0 Å². The third-order valence-corrected chi connectivity index (χ3v) is 4.95. The second-order valence-corrected chi connectivity index (χ2v) is 7.13. The maximum absolute atomic E-state index is 12.4. The first-order valence-corrected chi connectivity index (χ1v) is 8.59. The van der Waals surface area contributed by atoms with Gasteiger partial charge in [0.25, 0.3) is 5.91 Å². The van der Waals surface area contributed by atoms with Crippen molar-refractivity contribution in [2.24, 2.45) is 5.92 Å². The van der Waals surface area contributed by atoms with Crippen LogP contribution in [0.15, 0.2) is 11.8 Å². The summed E-state index contributed by atoms with van der Waals surface area (Å²) in [6.45, 7) is 3.45. The Bertz CT molecular complexity index is 672. The summed E-state index contributed by atoms with van der Waals surface area (Å²) in [4.78, 5) is 25.3. The standard InChI is InChI=1S/C13H16F3NO6S/c1-3-22-12(19)10-4-7(2)9-5-8(6-11(18)17(9)10)23-24(20,21)13(14,15)16/h6-7,9-10H,3-5H2,1-2H3/t7?,9?,10-/m0/s1. The molecule has 11 heteroatoms. The summed E-state index contributed by atoms with van der Waals surface area (Å²) in [6.07, 6.45) is 0.727. The van der Waals surface area contributed by atoms with Crippen molar-refractivity contribution in [2.75, 3.05) is 6.61 Å². The number of halogens is 3. The van der Waals surface area contributed by atoms with Gasteiger partial charge in [-0.3, -0.25) is 4.79 Å². The number of hydrogen-bond donors (Lipinski definition) is 0. The van der Waals surface area contributed by atoms with Crippen molar-refractivity contribution >= 4 is 22.0 Å². The average molecular weight is 371 g/mol. The number of alkyl halides is 3. The highest BCUT2D eigenvalue weighted by Gasteiger charge is 2.51. The van der Waals surface area contributed by atoms with Crippen LogP contribution >= 0.6 is 0 Å². The molecule has 136 valence electrons. The third kappa shape index (κ3) is 3.35.